The number of carbonyl (C=O) groups excluding carboxylic acids is 1. The SMILES string of the molecule is COc1nc(N)nc2c1ncn2[C@@H]1OC(CO[P@@](=O)(N[C@@H](C)C(=O)OC(C)C)SCc2c(O)n(C)c(=O)n2C)[C@@H](O)[C@@]1(C)O. The number of esters is 1. The number of nitrogens with one attached hydrogen (secondary N) is 1. The zero-order chi connectivity index (χ0) is 32.7. The molecule has 3 aromatic rings. The lowest BCUT2D eigenvalue weighted by Gasteiger charge is -2.27. The number of carbonyl (C=O) groups is 1. The summed E-state index contributed by atoms with van der Waals surface area (Å²) in [5.74, 6) is -1.20. The first-order chi connectivity index (χ1) is 20.5. The third-order valence-electron chi connectivity index (χ3n) is 7.00. The summed E-state index contributed by atoms with van der Waals surface area (Å²) in [6.07, 6.45) is -3.14. The molecule has 6 N–H and O–H groups in total. The molecule has 0 aromatic carbocycles. The van der Waals surface area contributed by atoms with Gasteiger partial charge in [0.05, 0.1) is 31.8 Å². The van der Waals surface area contributed by atoms with Crippen LogP contribution < -0.4 is 21.2 Å². The Labute approximate surface area is 255 Å². The summed E-state index contributed by atoms with van der Waals surface area (Å²) in [4.78, 5) is 37.1. The van der Waals surface area contributed by atoms with E-state index in [9.17, 15) is 29.5 Å². The lowest BCUT2D eigenvalue weighted by Crippen LogP contribution is -2.44. The molecule has 4 heterocycles. The Morgan fingerprint density at radius 1 is 1.30 bits per heavy atom. The zero-order valence-electron chi connectivity index (χ0n) is 25.2. The Kier molecular flexibility index (Phi) is 9.70. The minimum atomic E-state index is -4.06. The maximum Gasteiger partial charge on any atom is 0.330 e. The van der Waals surface area contributed by atoms with Gasteiger partial charge in [-0.05, 0) is 39.1 Å². The molecule has 0 amide bonds. The van der Waals surface area contributed by atoms with Gasteiger partial charge in [-0.1, -0.05) is 0 Å². The molecule has 0 bridgehead atoms. The largest absolute Gasteiger partial charge is 0.493 e. The van der Waals surface area contributed by atoms with E-state index in [2.05, 4.69) is 20.0 Å². The van der Waals surface area contributed by atoms with E-state index in [-0.39, 0.29) is 40.3 Å². The van der Waals surface area contributed by atoms with Crippen LogP contribution in [0.4, 0.5) is 5.95 Å². The molecule has 20 heteroatoms. The van der Waals surface area contributed by atoms with E-state index >= 15 is 0 Å². The van der Waals surface area contributed by atoms with Gasteiger partial charge < -0.3 is 39.8 Å². The number of nitrogens with two attached hydrogens (primary N) is 1. The number of aliphatic hydroxyl groups is 2. The standard InChI is InChI=1S/C24H37N8O10PS/c1-11(2)41-20(35)12(3)29-43(38,44-9-13-19(34)31(6)23(36)30(13)5)40-8-14-16(33)24(4,37)21(42-14)32-10-26-15-17(32)27-22(25)28-18(15)39-7/h10-12,14,16,21,33-34,37H,8-9H2,1-7H3,(H,29,38)(H2,25,27,28)/t12-,14?,16+,21+,24+,43-/m0/s1. The van der Waals surface area contributed by atoms with Crippen molar-refractivity contribution in [3.8, 4) is 11.8 Å². The number of nitrogens with zero attached hydrogens (tertiary/aromatic N) is 6. The number of nitrogen functional groups attached to an aromatic ring is 1. The van der Waals surface area contributed by atoms with Gasteiger partial charge in [0.25, 0.3) is 0 Å². The number of imidazole rings is 2. The number of fused-ring (bicyclic) bond motifs is 1. The summed E-state index contributed by atoms with van der Waals surface area (Å²) >= 11 is 0.704. The van der Waals surface area contributed by atoms with Gasteiger partial charge in [-0.15, -0.1) is 0 Å². The Hall–Kier alpha value is -3.19. The lowest BCUT2D eigenvalue weighted by atomic mass is 9.96. The molecule has 0 spiro atoms. The van der Waals surface area contributed by atoms with Gasteiger partial charge in [-0.2, -0.15) is 9.97 Å². The number of ether oxygens (including phenoxy) is 3. The molecule has 18 nitrogen and oxygen atoms in total. The highest BCUT2D eigenvalue weighted by molar-refractivity contribution is 8.55. The first-order valence-corrected chi connectivity index (χ1v) is 16.6. The Balaban J connectivity index is 1.58. The molecular weight excluding hydrogens is 623 g/mol. The monoisotopic (exact) mass is 660 g/mol. The molecule has 0 saturated carbocycles. The van der Waals surface area contributed by atoms with Gasteiger partial charge in [0.1, 0.15) is 23.9 Å². The molecule has 1 saturated heterocycles. The Morgan fingerprint density at radius 3 is 2.57 bits per heavy atom. The molecule has 6 atom stereocenters. The number of anilines is 1. The van der Waals surface area contributed by atoms with E-state index in [1.165, 1.54) is 50.5 Å². The average molecular weight is 661 g/mol. The van der Waals surface area contributed by atoms with Gasteiger partial charge in [-0.25, -0.2) is 14.9 Å². The number of hydrogen-bond acceptors (Lipinski definition) is 15. The Morgan fingerprint density at radius 2 is 1.98 bits per heavy atom. The smallest absolute Gasteiger partial charge is 0.330 e. The summed E-state index contributed by atoms with van der Waals surface area (Å²) in [5.41, 5.74) is 3.96. The summed E-state index contributed by atoms with van der Waals surface area (Å²) in [5, 5.41) is 35.4. The quantitative estimate of drug-likeness (QED) is 0.128. The van der Waals surface area contributed by atoms with E-state index in [0.29, 0.717) is 11.4 Å². The van der Waals surface area contributed by atoms with Crippen molar-refractivity contribution in [2.75, 3.05) is 19.5 Å². The van der Waals surface area contributed by atoms with Crippen molar-refractivity contribution in [1.82, 2.24) is 33.7 Å². The van der Waals surface area contributed by atoms with Crippen LogP contribution in [0.3, 0.4) is 0 Å². The first kappa shape index (κ1) is 33.7. The van der Waals surface area contributed by atoms with Crippen LogP contribution in [0.15, 0.2) is 11.1 Å². The molecule has 1 aliphatic heterocycles. The number of aliphatic hydroxyl groups excluding tert-OH is 1. The zero-order valence-corrected chi connectivity index (χ0v) is 26.9. The maximum absolute atomic E-state index is 14.1. The highest BCUT2D eigenvalue weighted by atomic mass is 32.7. The molecule has 3 aromatic heterocycles. The number of aromatic hydroxyl groups is 1. The van der Waals surface area contributed by atoms with Crippen molar-refractivity contribution in [2.24, 2.45) is 14.1 Å². The highest BCUT2D eigenvalue weighted by Crippen LogP contribution is 2.58. The van der Waals surface area contributed by atoms with Crippen LogP contribution in [0, 0.1) is 0 Å². The van der Waals surface area contributed by atoms with Crippen LogP contribution in [0.1, 0.15) is 39.6 Å². The van der Waals surface area contributed by atoms with Crippen LogP contribution in [0.25, 0.3) is 11.2 Å². The van der Waals surface area contributed by atoms with E-state index < -0.39 is 61.2 Å². The van der Waals surface area contributed by atoms with Crippen molar-refractivity contribution < 1.29 is 43.4 Å². The van der Waals surface area contributed by atoms with Crippen LogP contribution in [-0.2, 0) is 43.2 Å². The summed E-state index contributed by atoms with van der Waals surface area (Å²) < 4.78 is 39.9. The highest BCUT2D eigenvalue weighted by Gasteiger charge is 2.54. The minimum Gasteiger partial charge on any atom is -0.493 e. The third kappa shape index (κ3) is 6.44. The molecule has 0 aliphatic carbocycles. The average Bonchev–Trinajstić information content (AvgIpc) is 3.52. The molecule has 1 aliphatic rings. The number of aromatic nitrogens is 6. The lowest BCUT2D eigenvalue weighted by molar-refractivity contribution is -0.149. The van der Waals surface area contributed by atoms with Crippen LogP contribution >= 0.6 is 18.1 Å². The summed E-state index contributed by atoms with van der Waals surface area (Å²) in [7, 11) is 4.20. The van der Waals surface area contributed by atoms with Crippen LogP contribution in [-0.4, -0.2) is 93.6 Å². The van der Waals surface area contributed by atoms with Gasteiger partial charge >= 0.3 is 18.4 Å². The fraction of sp³-hybridized carbons (Fsp3) is 0.625. The fourth-order valence-corrected chi connectivity index (χ4v) is 8.33. The van der Waals surface area contributed by atoms with Crippen molar-refractivity contribution >= 4 is 41.2 Å². The number of hydrogen-bond donors (Lipinski definition) is 5. The molecule has 244 valence electrons. The molecule has 4 rings (SSSR count). The van der Waals surface area contributed by atoms with Crippen molar-refractivity contribution in [3.05, 3.63) is 22.5 Å². The van der Waals surface area contributed by atoms with Gasteiger partial charge in [0.15, 0.2) is 17.4 Å². The van der Waals surface area contributed by atoms with E-state index in [1.54, 1.807) is 13.8 Å². The molecule has 44 heavy (non-hydrogen) atoms. The molecule has 1 unspecified atom stereocenters. The van der Waals surface area contributed by atoms with E-state index in [0.717, 1.165) is 4.57 Å². The second kappa shape index (κ2) is 12.7. The maximum atomic E-state index is 14.1. The van der Waals surface area contributed by atoms with Crippen LogP contribution in [0.5, 0.6) is 11.8 Å². The summed E-state index contributed by atoms with van der Waals surface area (Å²) in [6, 6.07) is -1.09. The normalized spacial score (nSPS) is 24.1. The molecular formula is C24H37N8O10PS. The van der Waals surface area contributed by atoms with Gasteiger partial charge in [0.2, 0.25) is 17.7 Å². The first-order valence-electron chi connectivity index (χ1n) is 13.4. The van der Waals surface area contributed by atoms with Crippen molar-refractivity contribution in [3.63, 3.8) is 0 Å². The second-order valence-electron chi connectivity index (χ2n) is 10.7. The van der Waals surface area contributed by atoms with E-state index in [4.69, 9.17) is 24.5 Å². The topological polar surface area (TPSA) is 240 Å². The molecule has 1 fully saturated rings. The minimum absolute atomic E-state index is 0.0976. The third-order valence-corrected chi connectivity index (χ3v) is 11.0. The van der Waals surface area contributed by atoms with Gasteiger partial charge in [-0.3, -0.25) is 23.1 Å². The van der Waals surface area contributed by atoms with E-state index in [1.807, 2.05) is 0 Å². The predicted molar refractivity (Wildman–Crippen MR) is 158 cm³/mol. The number of rotatable bonds is 12. The Bertz CT molecular complexity index is 1640. The van der Waals surface area contributed by atoms with Crippen molar-refractivity contribution in [1.29, 1.82) is 0 Å². The van der Waals surface area contributed by atoms with Crippen molar-refractivity contribution in [2.45, 2.75) is 69.6 Å². The summed E-state index contributed by atoms with van der Waals surface area (Å²) in [6.45, 7) is 1.53. The van der Waals surface area contributed by atoms with Gasteiger partial charge in [0, 0.05) is 19.8 Å². The predicted octanol–water partition coefficient (Wildman–Crippen LogP) is 0.157. The second-order valence-corrected chi connectivity index (χ2v) is 15.0. The van der Waals surface area contributed by atoms with Crippen LogP contribution in [0.2, 0.25) is 0 Å². The number of methoxy groups -OCH3 is 1. The molecule has 0 radical (unpaired) electrons. The fourth-order valence-electron chi connectivity index (χ4n) is 4.59.